The Labute approximate surface area is 119 Å². The molecular formula is C15H23N3S. The van der Waals surface area contributed by atoms with Gasteiger partial charge in [0.2, 0.25) is 0 Å². The second kappa shape index (κ2) is 6.35. The normalized spacial score (nSPS) is 11.4. The van der Waals surface area contributed by atoms with Crippen molar-refractivity contribution in [2.24, 2.45) is 5.92 Å². The molecule has 0 radical (unpaired) electrons. The molecule has 0 saturated heterocycles. The van der Waals surface area contributed by atoms with Gasteiger partial charge < -0.3 is 5.32 Å². The highest BCUT2D eigenvalue weighted by molar-refractivity contribution is 7.09. The van der Waals surface area contributed by atoms with Crippen LogP contribution in [0.3, 0.4) is 0 Å². The predicted molar refractivity (Wildman–Crippen MR) is 81.7 cm³/mol. The Bertz CT molecular complexity index is 512. The van der Waals surface area contributed by atoms with Crippen molar-refractivity contribution in [3.8, 4) is 0 Å². The summed E-state index contributed by atoms with van der Waals surface area (Å²) in [6, 6.07) is 4.26. The van der Waals surface area contributed by atoms with Gasteiger partial charge in [0.1, 0.15) is 0 Å². The molecule has 1 N–H and O–H groups in total. The molecule has 0 aromatic carbocycles. The van der Waals surface area contributed by atoms with Crippen molar-refractivity contribution in [1.82, 2.24) is 15.1 Å². The van der Waals surface area contributed by atoms with E-state index in [0.717, 1.165) is 25.3 Å². The number of aromatic nitrogens is 2. The molecule has 0 atom stereocenters. The van der Waals surface area contributed by atoms with Gasteiger partial charge in [0.25, 0.3) is 0 Å². The largest absolute Gasteiger partial charge is 0.312 e. The van der Waals surface area contributed by atoms with Gasteiger partial charge in [-0.15, -0.1) is 11.3 Å². The molecule has 2 aromatic heterocycles. The molecule has 2 heterocycles. The molecule has 0 bridgehead atoms. The third-order valence-corrected chi connectivity index (χ3v) is 4.13. The average Bonchev–Trinajstić information content (AvgIpc) is 2.93. The van der Waals surface area contributed by atoms with Crippen molar-refractivity contribution in [2.45, 2.75) is 40.8 Å². The van der Waals surface area contributed by atoms with E-state index in [-0.39, 0.29) is 0 Å². The number of thiophene rings is 1. The topological polar surface area (TPSA) is 29.9 Å². The zero-order valence-electron chi connectivity index (χ0n) is 12.2. The Morgan fingerprint density at radius 3 is 2.79 bits per heavy atom. The molecule has 0 unspecified atom stereocenters. The van der Waals surface area contributed by atoms with E-state index in [1.165, 1.54) is 16.1 Å². The first-order valence-corrected chi connectivity index (χ1v) is 7.72. The highest BCUT2D eigenvalue weighted by atomic mass is 32.1. The Morgan fingerprint density at radius 1 is 1.37 bits per heavy atom. The fourth-order valence-electron chi connectivity index (χ4n) is 2.18. The molecule has 104 valence electrons. The summed E-state index contributed by atoms with van der Waals surface area (Å²) >= 11 is 1.79. The van der Waals surface area contributed by atoms with Crippen molar-refractivity contribution in [2.75, 3.05) is 6.54 Å². The number of aryl methyl sites for hydroxylation is 1. The number of hydrogen-bond donors (Lipinski definition) is 1. The lowest BCUT2D eigenvalue weighted by Gasteiger charge is -2.08. The smallest absolute Gasteiger partial charge is 0.0755 e. The average molecular weight is 277 g/mol. The van der Waals surface area contributed by atoms with Crippen molar-refractivity contribution in [1.29, 1.82) is 0 Å². The van der Waals surface area contributed by atoms with E-state index in [1.54, 1.807) is 11.3 Å². The third-order valence-electron chi connectivity index (χ3n) is 3.27. The summed E-state index contributed by atoms with van der Waals surface area (Å²) in [6.45, 7) is 11.6. The molecule has 0 fully saturated rings. The van der Waals surface area contributed by atoms with Crippen LogP contribution < -0.4 is 5.32 Å². The van der Waals surface area contributed by atoms with Crippen LogP contribution in [0.25, 0.3) is 0 Å². The summed E-state index contributed by atoms with van der Waals surface area (Å²) in [5.74, 6) is 0.682. The molecule has 3 nitrogen and oxygen atoms in total. The van der Waals surface area contributed by atoms with Gasteiger partial charge in [0.05, 0.1) is 12.2 Å². The standard InChI is InChI=1S/C15H23N3S/c1-11(2)8-16-9-15-12(3)17-18(13(15)4)10-14-6-5-7-19-14/h5-7,11,16H,8-10H2,1-4H3. The van der Waals surface area contributed by atoms with Crippen LogP contribution in [-0.4, -0.2) is 16.3 Å². The van der Waals surface area contributed by atoms with Gasteiger partial charge in [-0.25, -0.2) is 0 Å². The molecule has 0 saturated carbocycles. The lowest BCUT2D eigenvalue weighted by molar-refractivity contribution is 0.550. The molecule has 0 spiro atoms. The summed E-state index contributed by atoms with van der Waals surface area (Å²) in [6.07, 6.45) is 0. The maximum atomic E-state index is 4.67. The lowest BCUT2D eigenvalue weighted by atomic mass is 10.2. The second-order valence-electron chi connectivity index (χ2n) is 5.41. The van der Waals surface area contributed by atoms with Crippen molar-refractivity contribution < 1.29 is 0 Å². The van der Waals surface area contributed by atoms with Crippen LogP contribution in [0.4, 0.5) is 0 Å². The van der Waals surface area contributed by atoms with E-state index in [0.29, 0.717) is 5.92 Å². The number of rotatable bonds is 6. The number of nitrogens with zero attached hydrogens (tertiary/aromatic N) is 2. The van der Waals surface area contributed by atoms with Gasteiger partial charge in [-0.1, -0.05) is 19.9 Å². The number of hydrogen-bond acceptors (Lipinski definition) is 3. The predicted octanol–water partition coefficient (Wildman–Crippen LogP) is 3.36. The van der Waals surface area contributed by atoms with Crippen LogP contribution in [0.1, 0.15) is 35.7 Å². The van der Waals surface area contributed by atoms with Gasteiger partial charge in [-0.3, -0.25) is 4.68 Å². The minimum absolute atomic E-state index is 0.682. The van der Waals surface area contributed by atoms with Crippen LogP contribution in [0, 0.1) is 19.8 Å². The summed E-state index contributed by atoms with van der Waals surface area (Å²) in [7, 11) is 0. The Hall–Kier alpha value is -1.13. The van der Waals surface area contributed by atoms with Crippen LogP contribution in [0.2, 0.25) is 0 Å². The van der Waals surface area contributed by atoms with E-state index >= 15 is 0 Å². The minimum Gasteiger partial charge on any atom is -0.312 e. The maximum absolute atomic E-state index is 4.67. The highest BCUT2D eigenvalue weighted by Crippen LogP contribution is 2.16. The van der Waals surface area contributed by atoms with Gasteiger partial charge in [0.15, 0.2) is 0 Å². The van der Waals surface area contributed by atoms with Crippen molar-refractivity contribution in [3.63, 3.8) is 0 Å². The monoisotopic (exact) mass is 277 g/mol. The van der Waals surface area contributed by atoms with Gasteiger partial charge in [0, 0.05) is 22.7 Å². The first-order valence-electron chi connectivity index (χ1n) is 6.84. The summed E-state index contributed by atoms with van der Waals surface area (Å²) in [4.78, 5) is 1.35. The molecule has 0 amide bonds. The SMILES string of the molecule is Cc1nn(Cc2cccs2)c(C)c1CNCC(C)C. The zero-order valence-corrected chi connectivity index (χ0v) is 13.0. The third kappa shape index (κ3) is 3.67. The summed E-state index contributed by atoms with van der Waals surface area (Å²) < 4.78 is 2.12. The minimum atomic E-state index is 0.682. The highest BCUT2D eigenvalue weighted by Gasteiger charge is 2.11. The molecule has 19 heavy (non-hydrogen) atoms. The fraction of sp³-hybridized carbons (Fsp3) is 0.533. The van der Waals surface area contributed by atoms with E-state index in [1.807, 2.05) is 0 Å². The van der Waals surface area contributed by atoms with Crippen LogP contribution >= 0.6 is 11.3 Å². The summed E-state index contributed by atoms with van der Waals surface area (Å²) in [5.41, 5.74) is 3.77. The second-order valence-corrected chi connectivity index (χ2v) is 6.44. The van der Waals surface area contributed by atoms with Crippen LogP contribution in [0.5, 0.6) is 0 Å². The van der Waals surface area contributed by atoms with Crippen LogP contribution in [0.15, 0.2) is 17.5 Å². The van der Waals surface area contributed by atoms with Crippen molar-refractivity contribution in [3.05, 3.63) is 39.3 Å². The van der Waals surface area contributed by atoms with E-state index in [4.69, 9.17) is 0 Å². The molecule has 4 heteroatoms. The van der Waals surface area contributed by atoms with Gasteiger partial charge >= 0.3 is 0 Å². The van der Waals surface area contributed by atoms with Gasteiger partial charge in [-0.2, -0.15) is 5.10 Å². The van der Waals surface area contributed by atoms with E-state index < -0.39 is 0 Å². The maximum Gasteiger partial charge on any atom is 0.0755 e. The molecule has 2 aromatic rings. The molecular weight excluding hydrogens is 254 g/mol. The molecule has 0 aliphatic heterocycles. The zero-order chi connectivity index (χ0) is 13.8. The summed E-state index contributed by atoms with van der Waals surface area (Å²) in [5, 5.41) is 10.3. The lowest BCUT2D eigenvalue weighted by Crippen LogP contribution is -2.19. The molecule has 2 rings (SSSR count). The quantitative estimate of drug-likeness (QED) is 0.877. The molecule has 0 aliphatic carbocycles. The Kier molecular flexibility index (Phi) is 4.77. The fourth-order valence-corrected chi connectivity index (χ4v) is 2.87. The van der Waals surface area contributed by atoms with Crippen LogP contribution in [-0.2, 0) is 13.1 Å². The Morgan fingerprint density at radius 2 is 2.16 bits per heavy atom. The molecule has 0 aliphatic rings. The van der Waals surface area contributed by atoms with Gasteiger partial charge in [-0.05, 0) is 37.8 Å². The first kappa shape index (κ1) is 14.3. The number of nitrogens with one attached hydrogen (secondary N) is 1. The van der Waals surface area contributed by atoms with E-state index in [9.17, 15) is 0 Å². The Balaban J connectivity index is 2.06. The van der Waals surface area contributed by atoms with E-state index in [2.05, 4.69) is 60.3 Å². The van der Waals surface area contributed by atoms with Crippen molar-refractivity contribution >= 4 is 11.3 Å². The first-order chi connectivity index (χ1) is 9.08.